The van der Waals surface area contributed by atoms with E-state index in [4.69, 9.17) is 5.73 Å². The van der Waals surface area contributed by atoms with Crippen molar-refractivity contribution in [1.29, 1.82) is 0 Å². The Bertz CT molecular complexity index is 2980. The van der Waals surface area contributed by atoms with Gasteiger partial charge in [0, 0.05) is 26.6 Å². The third-order valence-corrected chi connectivity index (χ3v) is 17.5. The van der Waals surface area contributed by atoms with Crippen molar-refractivity contribution < 1.29 is 82.1 Å². The average molecular weight is 1400 g/mol. The van der Waals surface area contributed by atoms with E-state index in [2.05, 4.69) is 58.5 Å². The molecule has 0 aromatic heterocycles. The zero-order chi connectivity index (χ0) is 75.8. The lowest BCUT2D eigenvalue weighted by molar-refractivity contribution is -0.146. The van der Waals surface area contributed by atoms with Crippen LogP contribution < -0.4 is 64.2 Å². The van der Waals surface area contributed by atoms with Crippen LogP contribution in [0.1, 0.15) is 196 Å². The molecule has 0 bridgehead atoms. The Morgan fingerprint density at radius 1 is 0.404 bits per heavy atom. The molecule has 32 heteroatoms. The Kier molecular flexibility index (Phi) is 30.8. The highest BCUT2D eigenvalue weighted by Crippen LogP contribution is 2.27. The summed E-state index contributed by atoms with van der Waals surface area (Å²) in [6, 6.07) is -10.8. The summed E-state index contributed by atoms with van der Waals surface area (Å²) in [5.74, 6) is -12.1. The van der Waals surface area contributed by atoms with Crippen LogP contribution in [-0.2, 0) is 71.9 Å². The van der Waals surface area contributed by atoms with Gasteiger partial charge in [-0.05, 0) is 151 Å². The van der Waals surface area contributed by atoms with Crippen LogP contribution in [0.5, 0.6) is 0 Å². The van der Waals surface area contributed by atoms with Crippen molar-refractivity contribution in [2.75, 3.05) is 32.8 Å². The molecule has 0 radical (unpaired) electrons. The minimum Gasteiger partial charge on any atom is -0.394 e. The van der Waals surface area contributed by atoms with Crippen molar-refractivity contribution in [3.63, 3.8) is 0 Å². The number of hydrogen-bond donors (Lipinski definition) is 14. The van der Waals surface area contributed by atoms with Crippen molar-refractivity contribution in [1.82, 2.24) is 73.2 Å². The van der Waals surface area contributed by atoms with Gasteiger partial charge in [0.1, 0.15) is 76.0 Å². The number of amides is 15. The second-order valence-corrected chi connectivity index (χ2v) is 30.8. The van der Waals surface area contributed by atoms with E-state index in [1.807, 2.05) is 27.7 Å². The van der Waals surface area contributed by atoms with E-state index in [0.717, 1.165) is 0 Å². The summed E-state index contributed by atoms with van der Waals surface area (Å²) >= 11 is 0. The fourth-order valence-corrected chi connectivity index (χ4v) is 12.3. The summed E-state index contributed by atoms with van der Waals surface area (Å²) in [4.78, 5) is 209. The first-order valence-electron chi connectivity index (χ1n) is 34.4. The van der Waals surface area contributed by atoms with E-state index in [9.17, 15) is 82.1 Å². The molecule has 0 aliphatic carbocycles. The maximum absolute atomic E-state index is 14.5. The summed E-state index contributed by atoms with van der Waals surface area (Å²) in [6.45, 7) is 28.8. The van der Waals surface area contributed by atoms with Gasteiger partial charge in [-0.2, -0.15) is 0 Å². The number of aliphatic hydroxyl groups is 2. The number of nitrogens with two attached hydrogens (primary N) is 1. The third-order valence-electron chi connectivity index (χ3n) is 17.5. The minimum absolute atomic E-state index is 0.0219. The summed E-state index contributed by atoms with van der Waals surface area (Å²) in [7, 11) is 0. The second-order valence-electron chi connectivity index (χ2n) is 30.8. The van der Waals surface area contributed by atoms with Gasteiger partial charge in [-0.25, -0.2) is 0 Å². The van der Waals surface area contributed by atoms with Gasteiger partial charge in [-0.1, -0.05) is 55.4 Å². The van der Waals surface area contributed by atoms with Crippen LogP contribution in [0, 0.1) is 23.7 Å². The van der Waals surface area contributed by atoms with Crippen LogP contribution in [0.2, 0.25) is 0 Å². The van der Waals surface area contributed by atoms with E-state index in [1.165, 1.54) is 90.9 Å². The number of primary amides is 1. The fraction of sp³-hybridized carbons (Fsp3) is 0.776. The smallest absolute Gasteiger partial charge is 0.248 e. The highest BCUT2D eigenvalue weighted by atomic mass is 16.3. The van der Waals surface area contributed by atoms with E-state index in [0.29, 0.717) is 32.1 Å². The van der Waals surface area contributed by atoms with Crippen LogP contribution in [0.3, 0.4) is 0 Å². The number of hydrogen-bond acceptors (Lipinski definition) is 17. The Balaban J connectivity index is 1.70. The number of rotatable bonds is 35. The van der Waals surface area contributed by atoms with Gasteiger partial charge in [0.2, 0.25) is 88.6 Å². The molecule has 15 N–H and O–H groups in total. The van der Waals surface area contributed by atoms with Crippen molar-refractivity contribution in [3.05, 3.63) is 0 Å². The largest absolute Gasteiger partial charge is 0.394 e. The second kappa shape index (κ2) is 35.8. The molecule has 99 heavy (non-hydrogen) atoms. The molecule has 3 aliphatic heterocycles. The Morgan fingerprint density at radius 3 is 1.14 bits per heavy atom. The molecule has 560 valence electrons. The molecular weight excluding hydrogens is 1290 g/mol. The van der Waals surface area contributed by atoms with Crippen molar-refractivity contribution in [2.24, 2.45) is 29.4 Å². The molecule has 9 unspecified atom stereocenters. The number of carbonyl (C=O) groups is 15. The van der Waals surface area contributed by atoms with Gasteiger partial charge in [-0.3, -0.25) is 71.9 Å². The van der Waals surface area contributed by atoms with Gasteiger partial charge in [0.25, 0.3) is 0 Å². The zero-order valence-electron chi connectivity index (χ0n) is 61.5. The molecule has 0 aromatic carbocycles. The Hall–Kier alpha value is -8.03. The molecule has 0 saturated carbocycles. The Labute approximate surface area is 581 Å². The first kappa shape index (κ1) is 85.2. The highest BCUT2D eigenvalue weighted by Gasteiger charge is 2.48. The average Bonchev–Trinajstić information content (AvgIpc) is 1.74. The van der Waals surface area contributed by atoms with Crippen LogP contribution in [0.25, 0.3) is 0 Å². The lowest BCUT2D eigenvalue weighted by atomic mass is 9.96. The molecule has 0 spiro atoms. The summed E-state index contributed by atoms with van der Waals surface area (Å²) in [6.07, 6.45) is 1.91. The van der Waals surface area contributed by atoms with E-state index in [-0.39, 0.29) is 69.7 Å². The van der Waals surface area contributed by atoms with Crippen LogP contribution >= 0.6 is 0 Å². The molecule has 15 amide bonds. The highest BCUT2D eigenvalue weighted by molar-refractivity contribution is 6.03. The van der Waals surface area contributed by atoms with Gasteiger partial charge in [-0.15, -0.1) is 0 Å². The SMILES string of the molecule is CC(=O)NC(C)(C)C(=O)NC(CC(N)=O)C(=O)NC(CC(C)C)C(=O)NC(C)(C)C(=O)N1CCCC1C(=O)NC(CO)C(=O)NC(C(=O)NC(C)(C)C(=O)N1CCCC1C(=O)NC(C)(C)C(=O)NC(CC(C)C)C(=O)NC(C)(C)C(=O)N1CCCC1C(=O)NC(CO)CC(C)C)C(C)C. The lowest BCUT2D eigenvalue weighted by Gasteiger charge is -2.36. The molecule has 3 rings (SSSR count). The standard InChI is InChI=1S/C67H115N15O17/c1-35(2)29-40(33-83)69-54(91)45-23-20-26-80(45)60(97)66(16,17)77-53(90)42(31-37(5)6)72-59(96)64(12,13)78-56(93)47-25-22-28-82(47)62(99)67(18,19)79-57(94)49(38(7)8)74-51(88)44(34-84)71-55(92)46-24-21-27-81(46)61(98)65(14,15)76-52(89)41(30-36(3)4)70-50(87)43(32-48(68)86)73-58(95)63(10,11)75-39(9)85/h35-38,40-47,49,83-84H,20-34H2,1-19H3,(H2,68,86)(H,69,91)(H,70,87)(H,71,92)(H,72,96)(H,73,95)(H,74,88)(H,75,85)(H,76,89)(H,77,90)(H,78,93)(H,79,94). The maximum atomic E-state index is 14.5. The normalized spacial score (nSPS) is 18.6. The first-order valence-corrected chi connectivity index (χ1v) is 34.4. The van der Waals surface area contributed by atoms with Gasteiger partial charge < -0.3 is 89.1 Å². The molecule has 3 saturated heterocycles. The number of likely N-dealkylation sites (tertiary alicyclic amines) is 3. The molecule has 3 fully saturated rings. The van der Waals surface area contributed by atoms with Gasteiger partial charge >= 0.3 is 0 Å². The summed E-state index contributed by atoms with van der Waals surface area (Å²) < 4.78 is 0. The predicted octanol–water partition coefficient (Wildman–Crippen LogP) is -1.98. The molecule has 9 atom stereocenters. The van der Waals surface area contributed by atoms with E-state index < -0.39 is 190 Å². The van der Waals surface area contributed by atoms with Crippen molar-refractivity contribution in [3.8, 4) is 0 Å². The number of nitrogens with one attached hydrogen (secondary N) is 11. The van der Waals surface area contributed by atoms with E-state index in [1.54, 1.807) is 27.7 Å². The molecular formula is C67H115N15O17. The van der Waals surface area contributed by atoms with E-state index >= 15 is 0 Å². The number of aliphatic hydroxyl groups excluding tert-OH is 2. The lowest BCUT2D eigenvalue weighted by Crippen LogP contribution is -2.65. The Morgan fingerprint density at radius 2 is 0.768 bits per heavy atom. The molecule has 32 nitrogen and oxygen atoms in total. The number of carbonyl (C=O) groups excluding carboxylic acids is 15. The van der Waals surface area contributed by atoms with Gasteiger partial charge in [0.05, 0.1) is 25.7 Å². The van der Waals surface area contributed by atoms with Crippen LogP contribution in [-0.4, -0.2) is 228 Å². The summed E-state index contributed by atoms with van der Waals surface area (Å²) in [5, 5.41) is 49.2. The molecule has 3 aliphatic rings. The minimum atomic E-state index is -1.74. The van der Waals surface area contributed by atoms with Crippen molar-refractivity contribution >= 4 is 88.6 Å². The third kappa shape index (κ3) is 24.4. The molecule has 0 aromatic rings. The zero-order valence-corrected chi connectivity index (χ0v) is 61.5. The first-order chi connectivity index (χ1) is 45.5. The maximum Gasteiger partial charge on any atom is 0.248 e. The quantitative estimate of drug-likeness (QED) is 0.0327. The topological polar surface area (TPSA) is 465 Å². The summed E-state index contributed by atoms with van der Waals surface area (Å²) in [5.41, 5.74) is -2.79. The predicted molar refractivity (Wildman–Crippen MR) is 364 cm³/mol. The van der Waals surface area contributed by atoms with Crippen LogP contribution in [0.15, 0.2) is 0 Å². The van der Waals surface area contributed by atoms with Crippen LogP contribution in [0.4, 0.5) is 0 Å². The fourth-order valence-electron chi connectivity index (χ4n) is 12.3. The van der Waals surface area contributed by atoms with Crippen molar-refractivity contribution in [2.45, 2.75) is 278 Å². The number of nitrogens with zero attached hydrogens (tertiary/aromatic N) is 3. The molecule has 3 heterocycles. The van der Waals surface area contributed by atoms with Gasteiger partial charge in [0.15, 0.2) is 0 Å². The monoisotopic (exact) mass is 1400 g/mol.